The summed E-state index contributed by atoms with van der Waals surface area (Å²) in [4.78, 5) is 26.2. The molecule has 0 aromatic heterocycles. The van der Waals surface area contributed by atoms with Gasteiger partial charge in [-0.3, -0.25) is 9.69 Å². The van der Waals surface area contributed by atoms with Crippen molar-refractivity contribution >= 4 is 18.0 Å². The van der Waals surface area contributed by atoms with Crippen molar-refractivity contribution in [3.63, 3.8) is 0 Å². The first kappa shape index (κ1) is 20.2. The van der Waals surface area contributed by atoms with Crippen molar-refractivity contribution in [1.82, 2.24) is 10.2 Å². The predicted molar refractivity (Wildman–Crippen MR) is 117 cm³/mol. The number of nitrogens with one attached hydrogen (secondary N) is 1. The molecule has 3 aromatic rings. The fourth-order valence-electron chi connectivity index (χ4n) is 3.28. The number of nitrogens with zero attached hydrogens (tertiary/aromatic N) is 1. The van der Waals surface area contributed by atoms with Crippen molar-refractivity contribution in [2.45, 2.75) is 13.2 Å². The molecule has 6 nitrogen and oxygen atoms in total. The zero-order chi connectivity index (χ0) is 21.6. The van der Waals surface area contributed by atoms with Crippen LogP contribution in [0.15, 0.2) is 84.6 Å². The van der Waals surface area contributed by atoms with E-state index in [-0.39, 0.29) is 18.1 Å². The van der Waals surface area contributed by atoms with Crippen LogP contribution in [0.4, 0.5) is 4.79 Å². The standard InChI is InChI=1S/C25H22N2O4/c1-30-23-15-20(12-13-22(23)31-17-19-10-6-3-7-11-19)14-21-24(28)27(25(29)26-21)16-18-8-4-2-5-9-18/h2-15H,16-17H2,1H3,(H,26,29)/b21-14+. The average Bonchev–Trinajstić information content (AvgIpc) is 3.06. The summed E-state index contributed by atoms with van der Waals surface area (Å²) in [5, 5.41) is 2.65. The highest BCUT2D eigenvalue weighted by Crippen LogP contribution is 2.30. The monoisotopic (exact) mass is 414 g/mol. The lowest BCUT2D eigenvalue weighted by molar-refractivity contribution is -0.123. The molecule has 1 saturated heterocycles. The van der Waals surface area contributed by atoms with E-state index in [0.29, 0.717) is 23.7 Å². The van der Waals surface area contributed by atoms with Gasteiger partial charge in [0.25, 0.3) is 5.91 Å². The van der Waals surface area contributed by atoms with Crippen LogP contribution in [0.2, 0.25) is 0 Å². The topological polar surface area (TPSA) is 67.9 Å². The van der Waals surface area contributed by atoms with Crippen molar-refractivity contribution in [3.05, 3.63) is 101 Å². The maximum absolute atomic E-state index is 12.7. The Morgan fingerprint density at radius 2 is 1.55 bits per heavy atom. The zero-order valence-electron chi connectivity index (χ0n) is 17.1. The molecule has 0 aliphatic carbocycles. The van der Waals surface area contributed by atoms with Gasteiger partial charge in [-0.15, -0.1) is 0 Å². The molecule has 1 aliphatic rings. The number of hydrogen-bond acceptors (Lipinski definition) is 4. The van der Waals surface area contributed by atoms with Gasteiger partial charge in [-0.25, -0.2) is 4.79 Å². The van der Waals surface area contributed by atoms with Crippen LogP contribution in [0, 0.1) is 0 Å². The molecule has 0 bridgehead atoms. The fourth-order valence-corrected chi connectivity index (χ4v) is 3.28. The number of carbonyl (C=O) groups is 2. The summed E-state index contributed by atoms with van der Waals surface area (Å²) < 4.78 is 11.3. The van der Waals surface area contributed by atoms with Gasteiger partial charge in [-0.1, -0.05) is 66.7 Å². The van der Waals surface area contributed by atoms with Crippen LogP contribution < -0.4 is 14.8 Å². The third-order valence-electron chi connectivity index (χ3n) is 4.88. The van der Waals surface area contributed by atoms with Crippen molar-refractivity contribution in [1.29, 1.82) is 0 Å². The highest BCUT2D eigenvalue weighted by Gasteiger charge is 2.33. The van der Waals surface area contributed by atoms with Gasteiger partial charge in [0.05, 0.1) is 13.7 Å². The van der Waals surface area contributed by atoms with Crippen molar-refractivity contribution in [2.75, 3.05) is 7.11 Å². The molecular formula is C25H22N2O4. The van der Waals surface area contributed by atoms with E-state index in [0.717, 1.165) is 11.1 Å². The van der Waals surface area contributed by atoms with E-state index >= 15 is 0 Å². The van der Waals surface area contributed by atoms with E-state index in [1.54, 1.807) is 25.3 Å². The third kappa shape index (κ3) is 4.75. The van der Waals surface area contributed by atoms with Crippen molar-refractivity contribution < 1.29 is 19.1 Å². The van der Waals surface area contributed by atoms with Crippen LogP contribution in [-0.4, -0.2) is 23.9 Å². The summed E-state index contributed by atoms with van der Waals surface area (Å²) in [7, 11) is 1.56. The molecular weight excluding hydrogens is 392 g/mol. The molecule has 0 spiro atoms. The third-order valence-corrected chi connectivity index (χ3v) is 4.88. The number of urea groups is 1. The Morgan fingerprint density at radius 3 is 2.23 bits per heavy atom. The summed E-state index contributed by atoms with van der Waals surface area (Å²) in [6.07, 6.45) is 1.63. The van der Waals surface area contributed by atoms with E-state index in [9.17, 15) is 9.59 Å². The molecule has 31 heavy (non-hydrogen) atoms. The first-order valence-corrected chi connectivity index (χ1v) is 9.87. The number of amides is 3. The van der Waals surface area contributed by atoms with Crippen molar-refractivity contribution in [2.24, 2.45) is 0 Å². The van der Waals surface area contributed by atoms with Crippen LogP contribution in [0.1, 0.15) is 16.7 Å². The Labute approximate surface area is 180 Å². The molecule has 0 atom stereocenters. The van der Waals surface area contributed by atoms with Gasteiger partial charge in [0, 0.05) is 0 Å². The Kier molecular flexibility index (Phi) is 5.98. The quantitative estimate of drug-likeness (QED) is 0.461. The van der Waals surface area contributed by atoms with Gasteiger partial charge in [0.2, 0.25) is 0 Å². The van der Waals surface area contributed by atoms with Gasteiger partial charge in [-0.2, -0.15) is 0 Å². The SMILES string of the molecule is COc1cc(/C=C2/NC(=O)N(Cc3ccccc3)C2=O)ccc1OCc1ccccc1. The second-order valence-electron chi connectivity index (χ2n) is 7.05. The minimum Gasteiger partial charge on any atom is -0.493 e. The molecule has 0 unspecified atom stereocenters. The van der Waals surface area contributed by atoms with Crippen molar-refractivity contribution in [3.8, 4) is 11.5 Å². The Hall–Kier alpha value is -4.06. The maximum atomic E-state index is 12.7. The van der Waals surface area contributed by atoms with Gasteiger partial charge in [-0.05, 0) is 34.9 Å². The van der Waals surface area contributed by atoms with Gasteiger partial charge in [0.15, 0.2) is 11.5 Å². The zero-order valence-corrected chi connectivity index (χ0v) is 17.1. The summed E-state index contributed by atoms with van der Waals surface area (Å²) in [6, 6.07) is 24.2. The molecule has 6 heteroatoms. The second-order valence-corrected chi connectivity index (χ2v) is 7.05. The highest BCUT2D eigenvalue weighted by atomic mass is 16.5. The summed E-state index contributed by atoms with van der Waals surface area (Å²) in [6.45, 7) is 0.638. The van der Waals surface area contributed by atoms with Crippen LogP contribution in [0.25, 0.3) is 6.08 Å². The lowest BCUT2D eigenvalue weighted by Gasteiger charge is -2.12. The summed E-state index contributed by atoms with van der Waals surface area (Å²) in [5.41, 5.74) is 2.87. The Bertz CT molecular complexity index is 1110. The average molecular weight is 414 g/mol. The fraction of sp³-hybridized carbons (Fsp3) is 0.120. The van der Waals surface area contributed by atoms with E-state index in [2.05, 4.69) is 5.32 Å². The van der Waals surface area contributed by atoms with Crippen LogP contribution >= 0.6 is 0 Å². The molecule has 1 heterocycles. The smallest absolute Gasteiger partial charge is 0.329 e. The van der Waals surface area contributed by atoms with E-state index in [1.165, 1.54) is 4.90 Å². The second kappa shape index (κ2) is 9.17. The molecule has 1 N–H and O–H groups in total. The lowest BCUT2D eigenvalue weighted by atomic mass is 10.1. The normalized spacial score (nSPS) is 14.6. The minimum absolute atomic E-state index is 0.221. The number of benzene rings is 3. The van der Waals surface area contributed by atoms with Crippen LogP contribution in [-0.2, 0) is 17.9 Å². The number of hydrogen-bond donors (Lipinski definition) is 1. The first-order chi connectivity index (χ1) is 15.1. The highest BCUT2D eigenvalue weighted by molar-refractivity contribution is 6.13. The number of ether oxygens (including phenoxy) is 2. The lowest BCUT2D eigenvalue weighted by Crippen LogP contribution is -2.30. The largest absolute Gasteiger partial charge is 0.493 e. The summed E-state index contributed by atoms with van der Waals surface area (Å²) >= 11 is 0. The maximum Gasteiger partial charge on any atom is 0.329 e. The molecule has 1 fully saturated rings. The van der Waals surface area contributed by atoms with E-state index < -0.39 is 6.03 Å². The Balaban J connectivity index is 1.49. The molecule has 3 aromatic carbocycles. The number of methoxy groups -OCH3 is 1. The van der Waals surface area contributed by atoms with E-state index in [1.807, 2.05) is 66.7 Å². The summed E-state index contributed by atoms with van der Waals surface area (Å²) in [5.74, 6) is 0.779. The molecule has 0 saturated carbocycles. The van der Waals surface area contributed by atoms with Gasteiger partial charge >= 0.3 is 6.03 Å². The molecule has 156 valence electrons. The first-order valence-electron chi connectivity index (χ1n) is 9.87. The minimum atomic E-state index is -0.435. The van der Waals surface area contributed by atoms with Gasteiger partial charge < -0.3 is 14.8 Å². The molecule has 0 radical (unpaired) electrons. The molecule has 1 aliphatic heterocycles. The number of imide groups is 1. The number of carbonyl (C=O) groups excluding carboxylic acids is 2. The predicted octanol–water partition coefficient (Wildman–Crippen LogP) is 4.37. The van der Waals surface area contributed by atoms with Crippen LogP contribution in [0.3, 0.4) is 0 Å². The van der Waals surface area contributed by atoms with Crippen LogP contribution in [0.5, 0.6) is 11.5 Å². The number of rotatable bonds is 7. The molecule has 3 amide bonds. The Morgan fingerprint density at radius 1 is 0.871 bits per heavy atom. The molecule has 4 rings (SSSR count). The van der Waals surface area contributed by atoms with E-state index in [4.69, 9.17) is 9.47 Å². The van der Waals surface area contributed by atoms with Gasteiger partial charge in [0.1, 0.15) is 12.3 Å².